The predicted octanol–water partition coefficient (Wildman–Crippen LogP) is 4.13. The molecular formula is C22H19N3O4. The highest BCUT2D eigenvalue weighted by molar-refractivity contribution is 6.06. The monoisotopic (exact) mass is 389 g/mol. The fraction of sp³-hybridized carbons (Fsp3) is 0.136. The van der Waals surface area contributed by atoms with Crippen molar-refractivity contribution in [2.24, 2.45) is 5.92 Å². The number of furan rings is 1. The van der Waals surface area contributed by atoms with Crippen molar-refractivity contribution in [3.05, 3.63) is 78.3 Å². The quantitative estimate of drug-likeness (QED) is 0.590. The van der Waals surface area contributed by atoms with Crippen molar-refractivity contribution in [2.45, 2.75) is 12.8 Å². The lowest BCUT2D eigenvalue weighted by atomic mass is 10.1. The van der Waals surface area contributed by atoms with Crippen LogP contribution in [-0.4, -0.2) is 17.7 Å². The van der Waals surface area contributed by atoms with E-state index in [-0.39, 0.29) is 29.4 Å². The van der Waals surface area contributed by atoms with Crippen LogP contribution in [0, 0.1) is 5.92 Å². The second-order valence-corrected chi connectivity index (χ2v) is 6.81. The molecule has 146 valence electrons. The topological polar surface area (TPSA) is 100 Å². The Morgan fingerprint density at radius 1 is 0.759 bits per heavy atom. The van der Waals surface area contributed by atoms with Crippen molar-refractivity contribution >= 4 is 34.8 Å². The Balaban J connectivity index is 1.41. The van der Waals surface area contributed by atoms with Gasteiger partial charge in [-0.25, -0.2) is 0 Å². The molecule has 0 aliphatic heterocycles. The standard InChI is InChI=1S/C22H19N3O4/c26-20(14-9-10-14)23-16-5-1-4-15(12-16)21(27)24-17-6-2-7-18(13-17)25-22(28)19-8-3-11-29-19/h1-8,11-14H,9-10H2,(H,23,26)(H,24,27)(H,25,28). The molecule has 3 aromatic rings. The van der Waals surface area contributed by atoms with Crippen molar-refractivity contribution in [3.8, 4) is 0 Å². The van der Waals surface area contributed by atoms with E-state index in [0.717, 1.165) is 12.8 Å². The lowest BCUT2D eigenvalue weighted by Crippen LogP contribution is -2.15. The molecule has 0 saturated heterocycles. The molecule has 7 nitrogen and oxygen atoms in total. The first kappa shape index (κ1) is 18.5. The molecule has 0 atom stereocenters. The maximum absolute atomic E-state index is 12.6. The van der Waals surface area contributed by atoms with Crippen LogP contribution in [0.4, 0.5) is 17.1 Å². The maximum Gasteiger partial charge on any atom is 0.291 e. The molecule has 29 heavy (non-hydrogen) atoms. The molecule has 1 saturated carbocycles. The fourth-order valence-corrected chi connectivity index (χ4v) is 2.81. The van der Waals surface area contributed by atoms with Gasteiger partial charge in [-0.2, -0.15) is 0 Å². The summed E-state index contributed by atoms with van der Waals surface area (Å²) >= 11 is 0. The van der Waals surface area contributed by atoms with Gasteiger partial charge in [-0.1, -0.05) is 12.1 Å². The summed E-state index contributed by atoms with van der Waals surface area (Å²) in [7, 11) is 0. The third-order valence-corrected chi connectivity index (χ3v) is 4.46. The summed E-state index contributed by atoms with van der Waals surface area (Å²) in [6.07, 6.45) is 3.25. The van der Waals surface area contributed by atoms with Crippen LogP contribution in [-0.2, 0) is 4.79 Å². The number of amides is 3. The number of anilines is 3. The Labute approximate surface area is 167 Å². The van der Waals surface area contributed by atoms with E-state index in [0.29, 0.717) is 22.6 Å². The summed E-state index contributed by atoms with van der Waals surface area (Å²) in [5.41, 5.74) is 2.06. The van der Waals surface area contributed by atoms with E-state index in [1.165, 1.54) is 6.26 Å². The minimum absolute atomic E-state index is 0.0115. The van der Waals surface area contributed by atoms with E-state index in [9.17, 15) is 14.4 Å². The zero-order chi connectivity index (χ0) is 20.2. The average molecular weight is 389 g/mol. The van der Waals surface area contributed by atoms with Gasteiger partial charge in [0.1, 0.15) is 0 Å². The first-order valence-corrected chi connectivity index (χ1v) is 9.26. The molecule has 0 spiro atoms. The largest absolute Gasteiger partial charge is 0.459 e. The molecule has 2 aromatic carbocycles. The summed E-state index contributed by atoms with van der Waals surface area (Å²) in [5, 5.41) is 8.34. The van der Waals surface area contributed by atoms with Crippen LogP contribution >= 0.6 is 0 Å². The normalized spacial score (nSPS) is 12.8. The van der Waals surface area contributed by atoms with Crippen molar-refractivity contribution in [1.82, 2.24) is 0 Å². The SMILES string of the molecule is O=C(Nc1cccc(NC(=O)c2ccco2)c1)c1cccc(NC(=O)C2CC2)c1. The van der Waals surface area contributed by atoms with Gasteiger partial charge in [0.2, 0.25) is 5.91 Å². The number of carbonyl (C=O) groups is 3. The van der Waals surface area contributed by atoms with E-state index in [1.807, 2.05) is 0 Å². The number of rotatable bonds is 6. The third-order valence-electron chi connectivity index (χ3n) is 4.46. The Kier molecular flexibility index (Phi) is 5.11. The highest BCUT2D eigenvalue weighted by Crippen LogP contribution is 2.30. The minimum Gasteiger partial charge on any atom is -0.459 e. The molecule has 3 N–H and O–H groups in total. The van der Waals surface area contributed by atoms with E-state index < -0.39 is 0 Å². The van der Waals surface area contributed by atoms with Crippen molar-refractivity contribution in [3.63, 3.8) is 0 Å². The molecule has 1 aromatic heterocycles. The highest BCUT2D eigenvalue weighted by atomic mass is 16.3. The number of hydrogen-bond acceptors (Lipinski definition) is 4. The Morgan fingerprint density at radius 3 is 2.07 bits per heavy atom. The van der Waals surface area contributed by atoms with Crippen molar-refractivity contribution < 1.29 is 18.8 Å². The van der Waals surface area contributed by atoms with E-state index in [2.05, 4.69) is 16.0 Å². The lowest BCUT2D eigenvalue weighted by Gasteiger charge is -2.10. The predicted molar refractivity (Wildman–Crippen MR) is 109 cm³/mol. The molecule has 1 aliphatic rings. The third kappa shape index (κ3) is 4.70. The molecular weight excluding hydrogens is 370 g/mol. The van der Waals surface area contributed by atoms with Gasteiger partial charge in [-0.3, -0.25) is 14.4 Å². The molecule has 1 fully saturated rings. The number of benzene rings is 2. The first-order chi connectivity index (χ1) is 14.1. The Hall–Kier alpha value is -3.87. The van der Waals surface area contributed by atoms with Crippen LogP contribution in [0.2, 0.25) is 0 Å². The Bertz CT molecular complexity index is 1060. The summed E-state index contributed by atoms with van der Waals surface area (Å²) in [6, 6.07) is 16.8. The minimum atomic E-state index is -0.377. The van der Waals surface area contributed by atoms with Crippen LogP contribution in [0.15, 0.2) is 71.3 Å². The molecule has 0 bridgehead atoms. The number of hydrogen-bond donors (Lipinski definition) is 3. The second-order valence-electron chi connectivity index (χ2n) is 6.81. The maximum atomic E-state index is 12.6. The van der Waals surface area contributed by atoms with Crippen LogP contribution in [0.5, 0.6) is 0 Å². The van der Waals surface area contributed by atoms with Crippen LogP contribution in [0.1, 0.15) is 33.8 Å². The molecule has 1 aliphatic carbocycles. The van der Waals surface area contributed by atoms with Gasteiger partial charge in [0.15, 0.2) is 5.76 Å². The summed E-state index contributed by atoms with van der Waals surface area (Å²) < 4.78 is 5.07. The van der Waals surface area contributed by atoms with E-state index in [1.54, 1.807) is 60.7 Å². The Morgan fingerprint density at radius 2 is 1.41 bits per heavy atom. The summed E-state index contributed by atoms with van der Waals surface area (Å²) in [4.78, 5) is 36.6. The zero-order valence-corrected chi connectivity index (χ0v) is 15.5. The number of carbonyl (C=O) groups excluding carboxylic acids is 3. The smallest absolute Gasteiger partial charge is 0.291 e. The molecule has 7 heteroatoms. The molecule has 1 heterocycles. The van der Waals surface area contributed by atoms with Crippen molar-refractivity contribution in [2.75, 3.05) is 16.0 Å². The van der Waals surface area contributed by atoms with Gasteiger partial charge < -0.3 is 20.4 Å². The summed E-state index contributed by atoms with van der Waals surface area (Å²) in [6.45, 7) is 0. The first-order valence-electron chi connectivity index (χ1n) is 9.26. The lowest BCUT2D eigenvalue weighted by molar-refractivity contribution is -0.117. The molecule has 4 rings (SSSR count). The average Bonchev–Trinajstić information content (AvgIpc) is 3.42. The van der Waals surface area contributed by atoms with Gasteiger partial charge in [0.25, 0.3) is 11.8 Å². The van der Waals surface area contributed by atoms with Gasteiger partial charge in [0.05, 0.1) is 6.26 Å². The van der Waals surface area contributed by atoms with Gasteiger partial charge in [0, 0.05) is 28.5 Å². The van der Waals surface area contributed by atoms with Crippen LogP contribution in [0.3, 0.4) is 0 Å². The van der Waals surface area contributed by atoms with E-state index >= 15 is 0 Å². The number of nitrogens with one attached hydrogen (secondary N) is 3. The zero-order valence-electron chi connectivity index (χ0n) is 15.5. The molecule has 3 amide bonds. The second kappa shape index (κ2) is 8.02. The van der Waals surface area contributed by atoms with Crippen molar-refractivity contribution in [1.29, 1.82) is 0 Å². The highest BCUT2D eigenvalue weighted by Gasteiger charge is 2.29. The summed E-state index contributed by atoms with van der Waals surface area (Å²) in [5.74, 6) is -0.418. The van der Waals surface area contributed by atoms with Gasteiger partial charge in [-0.15, -0.1) is 0 Å². The fourth-order valence-electron chi connectivity index (χ4n) is 2.81. The van der Waals surface area contributed by atoms with Crippen LogP contribution in [0.25, 0.3) is 0 Å². The van der Waals surface area contributed by atoms with Gasteiger partial charge in [-0.05, 0) is 61.4 Å². The molecule has 0 unspecified atom stereocenters. The van der Waals surface area contributed by atoms with E-state index in [4.69, 9.17) is 4.42 Å². The van der Waals surface area contributed by atoms with Crippen LogP contribution < -0.4 is 16.0 Å². The molecule has 0 radical (unpaired) electrons. The van der Waals surface area contributed by atoms with Gasteiger partial charge >= 0.3 is 0 Å².